The number of carbonyl (C=O) groups excluding carboxylic acids is 1. The van der Waals surface area contributed by atoms with Gasteiger partial charge in [0, 0.05) is 31.9 Å². The van der Waals surface area contributed by atoms with Crippen molar-refractivity contribution in [2.75, 3.05) is 31.1 Å². The van der Waals surface area contributed by atoms with Crippen molar-refractivity contribution in [1.82, 2.24) is 20.3 Å². The van der Waals surface area contributed by atoms with E-state index in [0.29, 0.717) is 12.2 Å². The largest absolute Gasteiger partial charge is 0.376 e. The van der Waals surface area contributed by atoms with Crippen LogP contribution in [0.4, 0.5) is 5.82 Å². The van der Waals surface area contributed by atoms with E-state index in [0.717, 1.165) is 67.8 Å². The molecule has 27 heavy (non-hydrogen) atoms. The highest BCUT2D eigenvalue weighted by Crippen LogP contribution is 2.28. The quantitative estimate of drug-likeness (QED) is 0.892. The van der Waals surface area contributed by atoms with Gasteiger partial charge in [0.2, 0.25) is 5.82 Å². The summed E-state index contributed by atoms with van der Waals surface area (Å²) in [7, 11) is 0. The van der Waals surface area contributed by atoms with Gasteiger partial charge in [0.25, 0.3) is 5.91 Å². The molecule has 0 bridgehead atoms. The van der Waals surface area contributed by atoms with Gasteiger partial charge in [0.05, 0.1) is 11.5 Å². The minimum atomic E-state index is -0.258. The molecule has 7 heteroatoms. The number of amides is 1. The molecule has 0 aromatic carbocycles. The van der Waals surface area contributed by atoms with Crippen molar-refractivity contribution in [3.05, 3.63) is 23.1 Å². The molecular weight excluding hydrogens is 342 g/mol. The van der Waals surface area contributed by atoms with Crippen LogP contribution < -0.4 is 10.2 Å². The van der Waals surface area contributed by atoms with Crippen molar-refractivity contribution in [3.63, 3.8) is 0 Å². The van der Waals surface area contributed by atoms with Crippen LogP contribution >= 0.6 is 0 Å². The van der Waals surface area contributed by atoms with Crippen LogP contribution in [0.3, 0.4) is 0 Å². The van der Waals surface area contributed by atoms with E-state index in [1.807, 2.05) is 6.92 Å². The molecule has 2 aromatic rings. The summed E-state index contributed by atoms with van der Waals surface area (Å²) in [6.07, 6.45) is 5.66. The zero-order chi connectivity index (χ0) is 18.8. The predicted octanol–water partition coefficient (Wildman–Crippen LogP) is 2.54. The Morgan fingerprint density at radius 1 is 1.19 bits per heavy atom. The van der Waals surface area contributed by atoms with E-state index in [1.165, 1.54) is 6.42 Å². The fourth-order valence-electron chi connectivity index (χ4n) is 3.98. The van der Waals surface area contributed by atoms with Gasteiger partial charge in [-0.15, -0.1) is 0 Å². The van der Waals surface area contributed by atoms with E-state index >= 15 is 0 Å². The lowest BCUT2D eigenvalue weighted by Gasteiger charge is -2.29. The summed E-state index contributed by atoms with van der Waals surface area (Å²) in [5, 5.41) is 3.89. The molecule has 0 radical (unpaired) electrons. The third-order valence-electron chi connectivity index (χ3n) is 5.35. The average molecular weight is 369 g/mol. The molecule has 0 unspecified atom stereocenters. The number of aromatic nitrogens is 3. The van der Waals surface area contributed by atoms with Gasteiger partial charge in [-0.2, -0.15) is 0 Å². The minimum absolute atomic E-state index is 0.0959. The average Bonchev–Trinajstić information content (AvgIpc) is 3.19. The normalized spacial score (nSPS) is 20.2. The molecule has 4 rings (SSSR count). The summed E-state index contributed by atoms with van der Waals surface area (Å²) in [6.45, 7) is 7.19. The van der Waals surface area contributed by atoms with Gasteiger partial charge in [0.15, 0.2) is 5.65 Å². The van der Waals surface area contributed by atoms with Crippen molar-refractivity contribution in [2.24, 2.45) is 0 Å². The van der Waals surface area contributed by atoms with Crippen molar-refractivity contribution in [2.45, 2.75) is 52.1 Å². The van der Waals surface area contributed by atoms with Crippen LogP contribution in [0.2, 0.25) is 0 Å². The highest BCUT2D eigenvalue weighted by Gasteiger charge is 2.23. The lowest BCUT2D eigenvalue weighted by Crippen LogP contribution is -2.34. The molecule has 4 heterocycles. The maximum atomic E-state index is 12.7. The lowest BCUT2D eigenvalue weighted by molar-refractivity contribution is 0.0849. The zero-order valence-corrected chi connectivity index (χ0v) is 16.1. The molecule has 2 fully saturated rings. The highest BCUT2D eigenvalue weighted by molar-refractivity contribution is 5.96. The Kier molecular flexibility index (Phi) is 5.20. The molecule has 0 aliphatic carbocycles. The van der Waals surface area contributed by atoms with Crippen molar-refractivity contribution < 1.29 is 9.53 Å². The molecule has 0 spiro atoms. The van der Waals surface area contributed by atoms with E-state index in [2.05, 4.69) is 38.2 Å². The monoisotopic (exact) mass is 369 g/mol. The van der Waals surface area contributed by atoms with E-state index in [4.69, 9.17) is 4.74 Å². The number of aryl methyl sites for hydroxylation is 2. The Labute approximate surface area is 159 Å². The molecule has 2 saturated heterocycles. The number of nitrogens with zero attached hydrogens (tertiary/aromatic N) is 4. The van der Waals surface area contributed by atoms with Gasteiger partial charge in [-0.05, 0) is 57.6 Å². The van der Waals surface area contributed by atoms with Gasteiger partial charge in [-0.1, -0.05) is 0 Å². The fraction of sp³-hybridized carbons (Fsp3) is 0.600. The van der Waals surface area contributed by atoms with Crippen LogP contribution in [-0.2, 0) is 4.74 Å². The zero-order valence-electron chi connectivity index (χ0n) is 16.1. The number of hydrogen-bond acceptors (Lipinski definition) is 6. The Morgan fingerprint density at radius 3 is 2.74 bits per heavy atom. The van der Waals surface area contributed by atoms with Gasteiger partial charge < -0.3 is 15.0 Å². The van der Waals surface area contributed by atoms with E-state index in [1.54, 1.807) is 0 Å². The standard InChI is InChI=1S/C20H27N5O2/c1-13-11-14(2)22-17-16(13)19(25-8-4-3-5-9-25)24-18(23-17)20(26)21-12-15-7-6-10-27-15/h11,15H,3-10,12H2,1-2H3,(H,21,26)/t15-/m0/s1. The number of piperidine rings is 1. The summed E-state index contributed by atoms with van der Waals surface area (Å²) >= 11 is 0. The number of anilines is 1. The number of pyridine rings is 1. The summed E-state index contributed by atoms with van der Waals surface area (Å²) < 4.78 is 5.58. The molecule has 144 valence electrons. The minimum Gasteiger partial charge on any atom is -0.376 e. The molecule has 2 aliphatic heterocycles. The number of ether oxygens (including phenoxy) is 1. The third-order valence-corrected chi connectivity index (χ3v) is 5.35. The van der Waals surface area contributed by atoms with Crippen molar-refractivity contribution in [1.29, 1.82) is 0 Å². The van der Waals surface area contributed by atoms with Gasteiger partial charge in [-0.3, -0.25) is 4.79 Å². The number of rotatable bonds is 4. The van der Waals surface area contributed by atoms with Crippen LogP contribution in [0.25, 0.3) is 11.0 Å². The number of hydrogen-bond donors (Lipinski definition) is 1. The second-order valence-electron chi connectivity index (χ2n) is 7.54. The Balaban J connectivity index is 1.68. The molecular formula is C20H27N5O2. The van der Waals surface area contributed by atoms with Crippen molar-refractivity contribution in [3.8, 4) is 0 Å². The van der Waals surface area contributed by atoms with E-state index < -0.39 is 0 Å². The van der Waals surface area contributed by atoms with Gasteiger partial charge >= 0.3 is 0 Å². The maximum absolute atomic E-state index is 12.7. The summed E-state index contributed by atoms with van der Waals surface area (Å²) in [6, 6.07) is 2.05. The fourth-order valence-corrected chi connectivity index (χ4v) is 3.98. The van der Waals surface area contributed by atoms with Gasteiger partial charge in [-0.25, -0.2) is 15.0 Å². The number of fused-ring (bicyclic) bond motifs is 1. The molecule has 1 N–H and O–H groups in total. The summed E-state index contributed by atoms with van der Waals surface area (Å²) in [4.78, 5) is 28.8. The second-order valence-corrected chi connectivity index (χ2v) is 7.54. The van der Waals surface area contributed by atoms with Crippen LogP contribution in [0, 0.1) is 13.8 Å². The molecule has 1 atom stereocenters. The van der Waals surface area contributed by atoms with Gasteiger partial charge in [0.1, 0.15) is 5.82 Å². The van der Waals surface area contributed by atoms with Crippen LogP contribution in [-0.4, -0.2) is 53.2 Å². The number of carbonyl (C=O) groups is 1. The molecule has 2 aliphatic rings. The molecule has 1 amide bonds. The number of nitrogens with one attached hydrogen (secondary N) is 1. The first kappa shape index (κ1) is 18.1. The Hall–Kier alpha value is -2.28. The first-order valence-corrected chi connectivity index (χ1v) is 9.92. The SMILES string of the molecule is Cc1cc(C)c2c(N3CCCCC3)nc(C(=O)NC[C@@H]3CCCO3)nc2n1. The maximum Gasteiger partial charge on any atom is 0.289 e. The van der Waals surface area contributed by atoms with E-state index in [-0.39, 0.29) is 17.8 Å². The molecule has 0 saturated carbocycles. The van der Waals surface area contributed by atoms with E-state index in [9.17, 15) is 4.79 Å². The van der Waals surface area contributed by atoms with Crippen LogP contribution in [0.15, 0.2) is 6.07 Å². The van der Waals surface area contributed by atoms with Crippen molar-refractivity contribution >= 4 is 22.8 Å². The summed E-state index contributed by atoms with van der Waals surface area (Å²) in [5.41, 5.74) is 2.60. The second kappa shape index (κ2) is 7.76. The molecule has 2 aromatic heterocycles. The topological polar surface area (TPSA) is 80.2 Å². The van der Waals surface area contributed by atoms with Crippen LogP contribution in [0.1, 0.15) is 54.0 Å². The smallest absolute Gasteiger partial charge is 0.289 e. The predicted molar refractivity (Wildman–Crippen MR) is 104 cm³/mol. The summed E-state index contributed by atoms with van der Waals surface area (Å²) in [5.74, 6) is 0.775. The lowest BCUT2D eigenvalue weighted by atomic mass is 10.1. The Morgan fingerprint density at radius 2 is 2.00 bits per heavy atom. The first-order chi connectivity index (χ1) is 13.1. The third kappa shape index (κ3) is 3.88. The Bertz CT molecular complexity index is 842. The highest BCUT2D eigenvalue weighted by atomic mass is 16.5. The molecule has 7 nitrogen and oxygen atoms in total. The van der Waals surface area contributed by atoms with Crippen LogP contribution in [0.5, 0.6) is 0 Å². The first-order valence-electron chi connectivity index (χ1n) is 9.92.